The van der Waals surface area contributed by atoms with Gasteiger partial charge in [0.15, 0.2) is 18.9 Å². The standard InChI is InChI=1S/C69H127NO18/c1-3-5-7-9-11-13-15-16-17-18-19-20-21-22-23-24-25-26-27-28-29-30-31-32-33-34-35-36-37-39-41-43-45-47-57(75)70-52(53(74)46-44-42-40-38-14-12-10-8-6-4-2)51-83-67-63(81)60(78)65(55(49-72)85-67)88-69-64(82)61(79)66(56(50-73)86-69)87-68-62(80)59(77)58(76)54(48-71)84-68/h6,8,14,38,44,46,52-56,58-69,71-74,76-82H,3-5,7,9-13,15-37,39-43,45,47-51H2,1-2H3,(H,70,75)/b8-6+,38-14+,46-44+. The van der Waals surface area contributed by atoms with Crippen LogP contribution in [0.15, 0.2) is 36.5 Å². The molecule has 0 radical (unpaired) electrons. The van der Waals surface area contributed by atoms with Crippen molar-refractivity contribution >= 4 is 5.91 Å². The molecule has 0 aliphatic carbocycles. The van der Waals surface area contributed by atoms with Crippen molar-refractivity contribution in [3.05, 3.63) is 36.5 Å². The van der Waals surface area contributed by atoms with Crippen LogP contribution in [0.2, 0.25) is 0 Å². The molecule has 0 saturated carbocycles. The fourth-order valence-electron chi connectivity index (χ4n) is 12.0. The van der Waals surface area contributed by atoms with Gasteiger partial charge in [-0.25, -0.2) is 0 Å². The molecule has 0 aromatic heterocycles. The first-order valence-corrected chi connectivity index (χ1v) is 35.2. The predicted molar refractivity (Wildman–Crippen MR) is 342 cm³/mol. The largest absolute Gasteiger partial charge is 0.394 e. The van der Waals surface area contributed by atoms with Crippen molar-refractivity contribution in [1.29, 1.82) is 0 Å². The molecule has 19 nitrogen and oxygen atoms in total. The fourth-order valence-corrected chi connectivity index (χ4v) is 12.0. The molecule has 3 aliphatic rings. The van der Waals surface area contributed by atoms with E-state index in [1.807, 2.05) is 6.08 Å². The van der Waals surface area contributed by atoms with Crippen LogP contribution in [0.1, 0.15) is 264 Å². The van der Waals surface area contributed by atoms with E-state index in [0.29, 0.717) is 12.8 Å². The van der Waals surface area contributed by atoms with E-state index in [4.69, 9.17) is 28.4 Å². The highest BCUT2D eigenvalue weighted by Gasteiger charge is 2.53. The van der Waals surface area contributed by atoms with Gasteiger partial charge in [0.1, 0.15) is 73.2 Å². The Kier molecular flexibility index (Phi) is 46.9. The summed E-state index contributed by atoms with van der Waals surface area (Å²) < 4.78 is 34.2. The van der Waals surface area contributed by atoms with Crippen molar-refractivity contribution < 1.29 is 89.4 Å². The SMILES string of the molecule is CC/C=C/CC/C=C/CC/C=C/C(O)C(COC1OC(CO)C(OC2OC(CO)C(OC3OC(CO)C(O)C(O)C3O)C(O)C2O)C(O)C1O)NC(=O)CCCCCCCCCCCCCCCCCCCCCCCCCCCCCCCCCCC. The minimum Gasteiger partial charge on any atom is -0.394 e. The Labute approximate surface area is 530 Å². The second kappa shape index (κ2) is 51.4. The molecule has 12 N–H and O–H groups in total. The summed E-state index contributed by atoms with van der Waals surface area (Å²) >= 11 is 0. The monoisotopic (exact) mass is 1260 g/mol. The summed E-state index contributed by atoms with van der Waals surface area (Å²) in [7, 11) is 0. The molecule has 3 saturated heterocycles. The molecule has 516 valence electrons. The molecule has 17 unspecified atom stereocenters. The Morgan fingerprint density at radius 1 is 0.409 bits per heavy atom. The quantitative estimate of drug-likeness (QED) is 0.0199. The Morgan fingerprint density at radius 3 is 1.12 bits per heavy atom. The molecule has 3 fully saturated rings. The average molecular weight is 1260 g/mol. The van der Waals surface area contributed by atoms with Crippen molar-refractivity contribution in [1.82, 2.24) is 5.32 Å². The zero-order valence-corrected chi connectivity index (χ0v) is 54.5. The normalized spacial score (nSPS) is 28.6. The number of nitrogens with one attached hydrogen (secondary N) is 1. The van der Waals surface area contributed by atoms with Crippen LogP contribution in [-0.2, 0) is 33.2 Å². The first-order chi connectivity index (χ1) is 42.8. The van der Waals surface area contributed by atoms with Crippen LogP contribution in [0.25, 0.3) is 0 Å². The summed E-state index contributed by atoms with van der Waals surface area (Å²) in [5.74, 6) is -0.288. The lowest BCUT2D eigenvalue weighted by molar-refractivity contribution is -0.379. The van der Waals surface area contributed by atoms with Gasteiger partial charge >= 0.3 is 0 Å². The second-order valence-corrected chi connectivity index (χ2v) is 25.3. The number of carbonyl (C=O) groups excluding carboxylic acids is 1. The van der Waals surface area contributed by atoms with Gasteiger partial charge in [-0.05, 0) is 38.5 Å². The first-order valence-electron chi connectivity index (χ1n) is 35.2. The summed E-state index contributed by atoms with van der Waals surface area (Å²) in [6.07, 6.45) is 33.4. The lowest BCUT2D eigenvalue weighted by Crippen LogP contribution is -2.66. The second-order valence-electron chi connectivity index (χ2n) is 25.3. The van der Waals surface area contributed by atoms with Gasteiger partial charge in [0.05, 0.1) is 38.6 Å². The topological polar surface area (TPSA) is 307 Å². The molecule has 3 heterocycles. The molecule has 3 rings (SSSR count). The molecule has 88 heavy (non-hydrogen) atoms. The van der Waals surface area contributed by atoms with Crippen LogP contribution in [0.4, 0.5) is 0 Å². The van der Waals surface area contributed by atoms with Crippen LogP contribution in [-0.4, -0.2) is 193 Å². The van der Waals surface area contributed by atoms with Crippen molar-refractivity contribution in [2.24, 2.45) is 0 Å². The predicted octanol–water partition coefficient (Wildman–Crippen LogP) is 9.22. The lowest BCUT2D eigenvalue weighted by atomic mass is 9.96. The Morgan fingerprint density at radius 2 is 0.739 bits per heavy atom. The van der Waals surface area contributed by atoms with E-state index >= 15 is 0 Å². The van der Waals surface area contributed by atoms with Gasteiger partial charge in [0.25, 0.3) is 0 Å². The third kappa shape index (κ3) is 33.2. The van der Waals surface area contributed by atoms with Crippen LogP contribution >= 0.6 is 0 Å². The highest BCUT2D eigenvalue weighted by Crippen LogP contribution is 2.33. The summed E-state index contributed by atoms with van der Waals surface area (Å²) in [4.78, 5) is 13.3. The zero-order valence-electron chi connectivity index (χ0n) is 54.5. The first kappa shape index (κ1) is 80.2. The number of hydrogen-bond donors (Lipinski definition) is 12. The van der Waals surface area contributed by atoms with Crippen molar-refractivity contribution in [3.8, 4) is 0 Å². The molecular weight excluding hydrogens is 1130 g/mol. The molecular formula is C69H127NO18. The molecule has 19 heteroatoms. The number of aliphatic hydroxyl groups is 11. The maximum Gasteiger partial charge on any atom is 0.220 e. The maximum atomic E-state index is 13.3. The van der Waals surface area contributed by atoms with E-state index in [2.05, 4.69) is 43.5 Å². The third-order valence-corrected chi connectivity index (χ3v) is 17.7. The Hall–Kier alpha value is -1.99. The highest BCUT2D eigenvalue weighted by atomic mass is 16.8. The highest BCUT2D eigenvalue weighted by molar-refractivity contribution is 5.76. The van der Waals surface area contributed by atoms with Gasteiger partial charge in [-0.2, -0.15) is 0 Å². The number of amides is 1. The number of allylic oxidation sites excluding steroid dienone is 5. The summed E-state index contributed by atoms with van der Waals surface area (Å²) in [6.45, 7) is 1.59. The van der Waals surface area contributed by atoms with E-state index in [9.17, 15) is 61.0 Å². The molecule has 17 atom stereocenters. The average Bonchev–Trinajstić information content (AvgIpc) is 1.86. The number of unbranched alkanes of at least 4 members (excludes halogenated alkanes) is 34. The Balaban J connectivity index is 1.32. The zero-order chi connectivity index (χ0) is 64.0. The number of ether oxygens (including phenoxy) is 6. The van der Waals surface area contributed by atoms with Gasteiger partial charge < -0.3 is 89.9 Å². The van der Waals surface area contributed by atoms with Crippen molar-refractivity contribution in [3.63, 3.8) is 0 Å². The van der Waals surface area contributed by atoms with Crippen LogP contribution in [0.5, 0.6) is 0 Å². The minimum absolute atomic E-state index is 0.235. The van der Waals surface area contributed by atoms with Gasteiger partial charge in [-0.1, -0.05) is 256 Å². The lowest BCUT2D eigenvalue weighted by Gasteiger charge is -2.48. The summed E-state index contributed by atoms with van der Waals surface area (Å²) in [5.41, 5.74) is 0. The third-order valence-electron chi connectivity index (χ3n) is 17.7. The van der Waals surface area contributed by atoms with Crippen LogP contribution in [0.3, 0.4) is 0 Å². The molecule has 0 aromatic rings. The molecule has 0 spiro atoms. The molecule has 0 aromatic carbocycles. The van der Waals surface area contributed by atoms with Gasteiger partial charge in [-0.3, -0.25) is 4.79 Å². The van der Waals surface area contributed by atoms with E-state index in [-0.39, 0.29) is 18.9 Å². The van der Waals surface area contributed by atoms with E-state index in [1.165, 1.54) is 186 Å². The van der Waals surface area contributed by atoms with E-state index in [1.54, 1.807) is 6.08 Å². The maximum absolute atomic E-state index is 13.3. The minimum atomic E-state index is -1.98. The number of aliphatic hydroxyl groups excluding tert-OH is 11. The molecule has 0 bridgehead atoms. The summed E-state index contributed by atoms with van der Waals surface area (Å²) in [6, 6.07) is -0.992. The number of carbonyl (C=O) groups is 1. The Bertz CT molecular complexity index is 1740. The smallest absolute Gasteiger partial charge is 0.220 e. The van der Waals surface area contributed by atoms with Gasteiger partial charge in [0.2, 0.25) is 5.91 Å². The molecule has 1 amide bonds. The number of hydrogen-bond acceptors (Lipinski definition) is 18. The summed E-state index contributed by atoms with van der Waals surface area (Å²) in [5, 5.41) is 120. The van der Waals surface area contributed by atoms with Gasteiger partial charge in [-0.15, -0.1) is 0 Å². The fraction of sp³-hybridized carbons (Fsp3) is 0.899. The van der Waals surface area contributed by atoms with E-state index < -0.39 is 124 Å². The van der Waals surface area contributed by atoms with Crippen molar-refractivity contribution in [2.45, 2.75) is 369 Å². The van der Waals surface area contributed by atoms with Crippen molar-refractivity contribution in [2.75, 3.05) is 26.4 Å². The number of rotatable bonds is 54. The van der Waals surface area contributed by atoms with E-state index in [0.717, 1.165) is 44.9 Å². The van der Waals surface area contributed by atoms with Crippen LogP contribution in [0, 0.1) is 0 Å². The molecule has 3 aliphatic heterocycles. The van der Waals surface area contributed by atoms with Gasteiger partial charge in [0, 0.05) is 6.42 Å². The van der Waals surface area contributed by atoms with Crippen LogP contribution < -0.4 is 5.32 Å².